The largest absolute Gasteiger partial charge is 0.398 e. The summed E-state index contributed by atoms with van der Waals surface area (Å²) >= 11 is 0. The lowest BCUT2D eigenvalue weighted by Gasteiger charge is -2.28. The molecule has 3 N–H and O–H groups in total. The molecule has 18 heavy (non-hydrogen) atoms. The van der Waals surface area contributed by atoms with Gasteiger partial charge in [-0.3, -0.25) is 4.98 Å². The second-order valence-electron chi connectivity index (χ2n) is 4.78. The van der Waals surface area contributed by atoms with Gasteiger partial charge in [-0.25, -0.2) is 5.01 Å². The molecule has 2 heterocycles. The summed E-state index contributed by atoms with van der Waals surface area (Å²) in [6.45, 7) is 2.21. The Kier molecular flexibility index (Phi) is 3.02. The van der Waals surface area contributed by atoms with E-state index in [1.165, 1.54) is 19.3 Å². The van der Waals surface area contributed by atoms with Crippen LogP contribution in [0.1, 0.15) is 19.3 Å². The number of hydrazine groups is 1. The normalized spacial score (nSPS) is 16.9. The van der Waals surface area contributed by atoms with Gasteiger partial charge < -0.3 is 11.2 Å². The molecular weight excluding hydrogens is 224 g/mol. The van der Waals surface area contributed by atoms with E-state index >= 15 is 0 Å². The van der Waals surface area contributed by atoms with Gasteiger partial charge in [0.15, 0.2) is 0 Å². The first-order chi connectivity index (χ1) is 8.84. The monoisotopic (exact) mass is 242 g/mol. The van der Waals surface area contributed by atoms with E-state index in [0.717, 1.165) is 35.2 Å². The summed E-state index contributed by atoms with van der Waals surface area (Å²) in [6, 6.07) is 5.95. The van der Waals surface area contributed by atoms with Crippen molar-refractivity contribution in [1.82, 2.24) is 9.99 Å². The van der Waals surface area contributed by atoms with Crippen LogP contribution in [-0.2, 0) is 0 Å². The van der Waals surface area contributed by atoms with Crippen molar-refractivity contribution < 1.29 is 0 Å². The van der Waals surface area contributed by atoms with Crippen molar-refractivity contribution in [2.24, 2.45) is 0 Å². The summed E-state index contributed by atoms with van der Waals surface area (Å²) in [4.78, 5) is 4.19. The van der Waals surface area contributed by atoms with E-state index in [-0.39, 0.29) is 0 Å². The molecule has 4 heteroatoms. The number of nitrogens with two attached hydrogens (primary N) is 1. The van der Waals surface area contributed by atoms with Crippen molar-refractivity contribution in [3.05, 3.63) is 30.6 Å². The van der Waals surface area contributed by atoms with Crippen molar-refractivity contribution in [1.29, 1.82) is 0 Å². The highest BCUT2D eigenvalue weighted by Crippen LogP contribution is 2.28. The van der Waals surface area contributed by atoms with Crippen LogP contribution in [0.3, 0.4) is 0 Å². The molecule has 1 aromatic carbocycles. The standard InChI is InChI=1S/C14H18N4/c15-13-4-5-14(12-10-16-7-6-11(12)13)17-18-8-2-1-3-9-18/h4-7,10,17H,1-3,8-9,15H2. The first-order valence-corrected chi connectivity index (χ1v) is 6.48. The highest BCUT2D eigenvalue weighted by atomic mass is 15.5. The van der Waals surface area contributed by atoms with Crippen LogP contribution in [0.4, 0.5) is 11.4 Å². The second-order valence-corrected chi connectivity index (χ2v) is 4.78. The van der Waals surface area contributed by atoms with Gasteiger partial charge >= 0.3 is 0 Å². The fraction of sp³-hybridized carbons (Fsp3) is 0.357. The molecule has 0 spiro atoms. The number of anilines is 2. The quantitative estimate of drug-likeness (QED) is 0.795. The number of nitrogens with one attached hydrogen (secondary N) is 1. The predicted octanol–water partition coefficient (Wildman–Crippen LogP) is 2.63. The van der Waals surface area contributed by atoms with Crippen LogP contribution < -0.4 is 11.2 Å². The van der Waals surface area contributed by atoms with Crippen LogP contribution >= 0.6 is 0 Å². The number of pyridine rings is 1. The van der Waals surface area contributed by atoms with Crippen LogP contribution in [0.2, 0.25) is 0 Å². The smallest absolute Gasteiger partial charge is 0.0585 e. The van der Waals surface area contributed by atoms with Crippen LogP contribution in [0.25, 0.3) is 10.8 Å². The minimum atomic E-state index is 0.802. The van der Waals surface area contributed by atoms with E-state index in [0.29, 0.717) is 0 Å². The van der Waals surface area contributed by atoms with E-state index in [9.17, 15) is 0 Å². The van der Waals surface area contributed by atoms with E-state index in [4.69, 9.17) is 5.73 Å². The van der Waals surface area contributed by atoms with Gasteiger partial charge in [0, 0.05) is 41.9 Å². The number of hydrogen-bond donors (Lipinski definition) is 2. The lowest BCUT2D eigenvalue weighted by molar-refractivity contribution is 0.273. The average molecular weight is 242 g/mol. The summed E-state index contributed by atoms with van der Waals surface area (Å²) < 4.78 is 0. The molecule has 0 saturated carbocycles. The van der Waals surface area contributed by atoms with Gasteiger partial charge in [0.05, 0.1) is 5.69 Å². The summed E-state index contributed by atoms with van der Waals surface area (Å²) in [5.41, 5.74) is 11.4. The Morgan fingerprint density at radius 1 is 1.06 bits per heavy atom. The fourth-order valence-electron chi connectivity index (χ4n) is 2.49. The number of aromatic nitrogens is 1. The molecule has 0 unspecified atom stereocenters. The Morgan fingerprint density at radius 3 is 2.72 bits per heavy atom. The molecule has 0 bridgehead atoms. The Bertz CT molecular complexity index is 546. The molecule has 1 aliphatic rings. The zero-order chi connectivity index (χ0) is 12.4. The predicted molar refractivity (Wildman–Crippen MR) is 75.2 cm³/mol. The van der Waals surface area contributed by atoms with Gasteiger partial charge in [-0.1, -0.05) is 6.42 Å². The highest BCUT2D eigenvalue weighted by molar-refractivity contribution is 6.00. The molecule has 1 aliphatic heterocycles. The topological polar surface area (TPSA) is 54.2 Å². The third-order valence-corrected chi connectivity index (χ3v) is 3.49. The number of piperidine rings is 1. The summed E-state index contributed by atoms with van der Waals surface area (Å²) in [6.07, 6.45) is 7.51. The van der Waals surface area contributed by atoms with Gasteiger partial charge in [-0.15, -0.1) is 0 Å². The number of benzene rings is 1. The van der Waals surface area contributed by atoms with Crippen molar-refractivity contribution in [2.45, 2.75) is 19.3 Å². The summed E-state index contributed by atoms with van der Waals surface area (Å²) in [5.74, 6) is 0. The number of fused-ring (bicyclic) bond motifs is 1. The van der Waals surface area contributed by atoms with E-state index in [1.54, 1.807) is 6.20 Å². The van der Waals surface area contributed by atoms with Crippen LogP contribution in [0.15, 0.2) is 30.6 Å². The molecule has 94 valence electrons. The first-order valence-electron chi connectivity index (χ1n) is 6.48. The van der Waals surface area contributed by atoms with E-state index in [1.807, 2.05) is 24.4 Å². The van der Waals surface area contributed by atoms with Crippen LogP contribution in [0.5, 0.6) is 0 Å². The molecule has 3 rings (SSSR count). The molecule has 2 aromatic rings. The number of nitrogen functional groups attached to an aromatic ring is 1. The third-order valence-electron chi connectivity index (χ3n) is 3.49. The third kappa shape index (κ3) is 2.11. The zero-order valence-electron chi connectivity index (χ0n) is 10.4. The van der Waals surface area contributed by atoms with Crippen LogP contribution in [0, 0.1) is 0 Å². The van der Waals surface area contributed by atoms with Crippen molar-refractivity contribution >= 4 is 22.1 Å². The van der Waals surface area contributed by atoms with E-state index in [2.05, 4.69) is 15.4 Å². The number of nitrogens with zero attached hydrogens (tertiary/aromatic N) is 2. The van der Waals surface area contributed by atoms with Gasteiger partial charge in [0.25, 0.3) is 0 Å². The molecule has 0 amide bonds. The molecule has 4 nitrogen and oxygen atoms in total. The molecule has 0 atom stereocenters. The lowest BCUT2D eigenvalue weighted by atomic mass is 10.1. The van der Waals surface area contributed by atoms with E-state index < -0.39 is 0 Å². The zero-order valence-corrected chi connectivity index (χ0v) is 10.4. The van der Waals surface area contributed by atoms with Gasteiger partial charge in [0.1, 0.15) is 0 Å². The first kappa shape index (κ1) is 11.3. The Morgan fingerprint density at radius 2 is 1.89 bits per heavy atom. The maximum Gasteiger partial charge on any atom is 0.0585 e. The number of rotatable bonds is 2. The minimum Gasteiger partial charge on any atom is -0.398 e. The number of hydrogen-bond acceptors (Lipinski definition) is 4. The second kappa shape index (κ2) is 4.82. The van der Waals surface area contributed by atoms with Gasteiger partial charge in [-0.05, 0) is 31.0 Å². The highest BCUT2D eigenvalue weighted by Gasteiger charge is 2.11. The maximum atomic E-state index is 5.99. The summed E-state index contributed by atoms with van der Waals surface area (Å²) in [5, 5.41) is 4.43. The molecule has 1 aromatic heterocycles. The minimum absolute atomic E-state index is 0.802. The Hall–Kier alpha value is -1.81. The average Bonchev–Trinajstić information content (AvgIpc) is 2.44. The molecule has 0 aliphatic carbocycles. The van der Waals surface area contributed by atoms with Crippen molar-refractivity contribution in [2.75, 3.05) is 24.2 Å². The fourth-order valence-corrected chi connectivity index (χ4v) is 2.49. The van der Waals surface area contributed by atoms with Crippen LogP contribution in [-0.4, -0.2) is 23.1 Å². The lowest BCUT2D eigenvalue weighted by Crippen LogP contribution is -2.34. The molecule has 0 radical (unpaired) electrons. The van der Waals surface area contributed by atoms with Crippen molar-refractivity contribution in [3.8, 4) is 0 Å². The van der Waals surface area contributed by atoms with Crippen molar-refractivity contribution in [3.63, 3.8) is 0 Å². The summed E-state index contributed by atoms with van der Waals surface area (Å²) in [7, 11) is 0. The Balaban J connectivity index is 1.94. The molecular formula is C14H18N4. The van der Waals surface area contributed by atoms with Gasteiger partial charge in [-0.2, -0.15) is 0 Å². The Labute approximate surface area is 107 Å². The molecule has 1 fully saturated rings. The maximum absolute atomic E-state index is 5.99. The SMILES string of the molecule is Nc1ccc(NN2CCCCC2)c2cnccc12. The van der Waals surface area contributed by atoms with Gasteiger partial charge in [0.2, 0.25) is 0 Å². The molecule has 1 saturated heterocycles.